The van der Waals surface area contributed by atoms with Gasteiger partial charge in [0.2, 0.25) is 0 Å². The maximum absolute atomic E-state index is 11.3. The van der Waals surface area contributed by atoms with Crippen LogP contribution in [0.4, 0.5) is 5.69 Å². The molecule has 0 aliphatic rings. The number of carbonyl (C=O) groups excluding carboxylic acids is 2. The Kier molecular flexibility index (Phi) is 3.47. The molecular formula is C10H11NO5. The van der Waals surface area contributed by atoms with Crippen LogP contribution < -0.4 is 5.73 Å². The van der Waals surface area contributed by atoms with Crippen molar-refractivity contribution in [2.45, 2.75) is 13.0 Å². The van der Waals surface area contributed by atoms with Crippen molar-refractivity contribution in [2.75, 3.05) is 5.73 Å². The quantitative estimate of drug-likeness (QED) is 0.372. The topological polar surface area (TPSA) is 110 Å². The second kappa shape index (κ2) is 4.63. The predicted octanol–water partition coefficient (Wildman–Crippen LogP) is 0.0386. The van der Waals surface area contributed by atoms with Crippen LogP contribution in [0.3, 0.4) is 0 Å². The van der Waals surface area contributed by atoms with E-state index in [1.807, 2.05) is 0 Å². The van der Waals surface area contributed by atoms with Crippen molar-refractivity contribution >= 4 is 17.6 Å². The van der Waals surface area contributed by atoms with E-state index in [1.54, 1.807) is 0 Å². The SMILES string of the molecule is CC(O)C(=O)OC(=O)c1ccc(N)cc1O. The van der Waals surface area contributed by atoms with Crippen LogP contribution in [0.1, 0.15) is 17.3 Å². The van der Waals surface area contributed by atoms with Crippen molar-refractivity contribution < 1.29 is 24.5 Å². The van der Waals surface area contributed by atoms with Crippen LogP contribution in [0.2, 0.25) is 0 Å². The molecule has 0 heterocycles. The lowest BCUT2D eigenvalue weighted by Crippen LogP contribution is -2.23. The number of hydrogen-bond donors (Lipinski definition) is 3. The maximum Gasteiger partial charge on any atom is 0.349 e. The number of carbonyl (C=O) groups is 2. The Hall–Kier alpha value is -2.08. The fraction of sp³-hybridized carbons (Fsp3) is 0.200. The van der Waals surface area contributed by atoms with E-state index in [2.05, 4.69) is 4.74 Å². The summed E-state index contributed by atoms with van der Waals surface area (Å²) in [6.45, 7) is 1.17. The molecule has 0 bridgehead atoms. The second-order valence-corrected chi connectivity index (χ2v) is 3.16. The molecule has 1 rings (SSSR count). The van der Waals surface area contributed by atoms with Crippen molar-refractivity contribution in [3.63, 3.8) is 0 Å². The summed E-state index contributed by atoms with van der Waals surface area (Å²) in [5.74, 6) is -2.51. The van der Waals surface area contributed by atoms with Crippen molar-refractivity contribution in [3.8, 4) is 5.75 Å². The van der Waals surface area contributed by atoms with Gasteiger partial charge in [-0.25, -0.2) is 9.59 Å². The second-order valence-electron chi connectivity index (χ2n) is 3.16. The fourth-order valence-electron chi connectivity index (χ4n) is 0.953. The lowest BCUT2D eigenvalue weighted by Gasteiger charge is -2.06. The number of anilines is 1. The summed E-state index contributed by atoms with van der Waals surface area (Å²) < 4.78 is 4.29. The number of aliphatic hydroxyl groups excluding tert-OH is 1. The molecule has 0 aliphatic carbocycles. The van der Waals surface area contributed by atoms with Gasteiger partial charge in [0.05, 0.1) is 0 Å². The molecule has 86 valence electrons. The van der Waals surface area contributed by atoms with Crippen LogP contribution in [-0.4, -0.2) is 28.3 Å². The molecule has 6 nitrogen and oxygen atoms in total. The molecule has 4 N–H and O–H groups in total. The highest BCUT2D eigenvalue weighted by atomic mass is 16.6. The van der Waals surface area contributed by atoms with E-state index in [0.29, 0.717) is 0 Å². The van der Waals surface area contributed by atoms with Gasteiger partial charge in [0, 0.05) is 11.8 Å². The van der Waals surface area contributed by atoms with Crippen LogP contribution >= 0.6 is 0 Å². The Bertz CT molecular complexity index is 427. The molecule has 0 amide bonds. The van der Waals surface area contributed by atoms with Gasteiger partial charge in [-0.15, -0.1) is 0 Å². The number of aromatic hydroxyl groups is 1. The molecule has 1 aromatic rings. The summed E-state index contributed by atoms with van der Waals surface area (Å²) in [5, 5.41) is 18.2. The highest BCUT2D eigenvalue weighted by Gasteiger charge is 2.19. The summed E-state index contributed by atoms with van der Waals surface area (Å²) in [7, 11) is 0. The Morgan fingerprint density at radius 3 is 2.56 bits per heavy atom. The van der Waals surface area contributed by atoms with Crippen LogP contribution in [0.25, 0.3) is 0 Å². The molecule has 0 saturated heterocycles. The summed E-state index contributed by atoms with van der Waals surface area (Å²) in [6, 6.07) is 3.76. The maximum atomic E-state index is 11.3. The molecular weight excluding hydrogens is 214 g/mol. The Morgan fingerprint density at radius 2 is 2.06 bits per heavy atom. The number of phenolic OH excluding ortho intramolecular Hbond substituents is 1. The van der Waals surface area contributed by atoms with E-state index < -0.39 is 18.0 Å². The minimum absolute atomic E-state index is 0.191. The number of esters is 2. The fourth-order valence-corrected chi connectivity index (χ4v) is 0.953. The molecule has 6 heteroatoms. The molecule has 1 aromatic carbocycles. The number of aliphatic hydroxyl groups is 1. The van der Waals surface area contributed by atoms with Crippen molar-refractivity contribution in [3.05, 3.63) is 23.8 Å². The van der Waals surface area contributed by atoms with Crippen LogP contribution in [0.15, 0.2) is 18.2 Å². The van der Waals surface area contributed by atoms with Crippen molar-refractivity contribution in [1.29, 1.82) is 0 Å². The average molecular weight is 225 g/mol. The van der Waals surface area contributed by atoms with Gasteiger partial charge in [-0.1, -0.05) is 0 Å². The number of nitrogen functional groups attached to an aromatic ring is 1. The van der Waals surface area contributed by atoms with Gasteiger partial charge in [-0.3, -0.25) is 0 Å². The van der Waals surface area contributed by atoms with Gasteiger partial charge in [0.25, 0.3) is 0 Å². The number of nitrogens with two attached hydrogens (primary N) is 1. The normalized spacial score (nSPS) is 11.9. The zero-order valence-corrected chi connectivity index (χ0v) is 8.51. The lowest BCUT2D eigenvalue weighted by atomic mass is 10.2. The van der Waals surface area contributed by atoms with Gasteiger partial charge in [-0.2, -0.15) is 0 Å². The lowest BCUT2D eigenvalue weighted by molar-refractivity contribution is -0.146. The van der Waals surface area contributed by atoms with E-state index >= 15 is 0 Å². The van der Waals surface area contributed by atoms with Gasteiger partial charge in [-0.05, 0) is 19.1 Å². The third kappa shape index (κ3) is 2.71. The predicted molar refractivity (Wildman–Crippen MR) is 54.6 cm³/mol. The summed E-state index contributed by atoms with van der Waals surface area (Å²) in [4.78, 5) is 22.2. The molecule has 0 aliphatic heterocycles. The molecule has 0 aromatic heterocycles. The summed E-state index contributed by atoms with van der Waals surface area (Å²) in [6.07, 6.45) is -1.40. The van der Waals surface area contributed by atoms with E-state index in [0.717, 1.165) is 6.07 Å². The average Bonchev–Trinajstić information content (AvgIpc) is 2.16. The largest absolute Gasteiger partial charge is 0.507 e. The van der Waals surface area contributed by atoms with Gasteiger partial charge < -0.3 is 20.7 Å². The third-order valence-electron chi connectivity index (χ3n) is 1.78. The van der Waals surface area contributed by atoms with Crippen LogP contribution in [0, 0.1) is 0 Å². The van der Waals surface area contributed by atoms with Crippen molar-refractivity contribution in [1.82, 2.24) is 0 Å². The monoisotopic (exact) mass is 225 g/mol. The molecule has 0 fully saturated rings. The standard InChI is InChI=1S/C10H11NO5/c1-5(12)9(14)16-10(15)7-3-2-6(11)4-8(7)13/h2-5,12-13H,11H2,1H3. The van der Waals surface area contributed by atoms with Gasteiger partial charge >= 0.3 is 11.9 Å². The Balaban J connectivity index is 2.85. The molecule has 0 spiro atoms. The van der Waals surface area contributed by atoms with Gasteiger partial charge in [0.1, 0.15) is 17.4 Å². The summed E-state index contributed by atoms with van der Waals surface area (Å²) in [5.41, 5.74) is 5.44. The first kappa shape index (κ1) is 12.0. The van der Waals surface area contributed by atoms with Crippen LogP contribution in [-0.2, 0) is 9.53 Å². The van der Waals surface area contributed by atoms with E-state index in [9.17, 15) is 14.7 Å². The molecule has 1 atom stereocenters. The highest BCUT2D eigenvalue weighted by molar-refractivity contribution is 5.99. The molecule has 16 heavy (non-hydrogen) atoms. The number of rotatable bonds is 2. The minimum atomic E-state index is -1.40. The molecule has 0 saturated carbocycles. The smallest absolute Gasteiger partial charge is 0.349 e. The summed E-state index contributed by atoms with van der Waals surface area (Å²) >= 11 is 0. The number of benzene rings is 1. The van der Waals surface area contributed by atoms with Crippen molar-refractivity contribution in [2.24, 2.45) is 0 Å². The zero-order chi connectivity index (χ0) is 12.3. The van der Waals surface area contributed by atoms with E-state index in [1.165, 1.54) is 19.1 Å². The molecule has 1 unspecified atom stereocenters. The zero-order valence-electron chi connectivity index (χ0n) is 8.51. The van der Waals surface area contributed by atoms with E-state index in [4.69, 9.17) is 10.8 Å². The third-order valence-corrected chi connectivity index (χ3v) is 1.78. The first-order chi connectivity index (χ1) is 7.41. The number of ether oxygens (including phenoxy) is 1. The minimum Gasteiger partial charge on any atom is -0.507 e. The first-order valence-corrected chi connectivity index (χ1v) is 4.44. The highest BCUT2D eigenvalue weighted by Crippen LogP contribution is 2.20. The number of hydrogen-bond acceptors (Lipinski definition) is 6. The van der Waals surface area contributed by atoms with Gasteiger partial charge in [0.15, 0.2) is 0 Å². The van der Waals surface area contributed by atoms with E-state index in [-0.39, 0.29) is 17.0 Å². The van der Waals surface area contributed by atoms with Crippen LogP contribution in [0.5, 0.6) is 5.75 Å². The molecule has 0 radical (unpaired) electrons. The Morgan fingerprint density at radius 1 is 1.44 bits per heavy atom. The first-order valence-electron chi connectivity index (χ1n) is 4.44. The Labute approximate surface area is 91.3 Å². The number of phenols is 1.